The molecule has 0 saturated carbocycles. The largest absolute Gasteiger partial charge is 0.491 e. The molecule has 0 N–H and O–H groups in total. The first-order valence-corrected chi connectivity index (χ1v) is 16.5. The van der Waals surface area contributed by atoms with Crippen LogP contribution in [-0.2, 0) is 11.2 Å². The van der Waals surface area contributed by atoms with Crippen LogP contribution >= 0.6 is 22.7 Å². The Morgan fingerprint density at radius 1 is 0.667 bits per heavy atom. The lowest BCUT2D eigenvalue weighted by atomic mass is 10.0. The molecule has 0 amide bonds. The van der Waals surface area contributed by atoms with E-state index in [0.717, 1.165) is 5.75 Å². The van der Waals surface area contributed by atoms with Gasteiger partial charge in [0.2, 0.25) is 0 Å². The van der Waals surface area contributed by atoms with E-state index in [-0.39, 0.29) is 6.10 Å². The second-order valence-electron chi connectivity index (χ2n) is 10.7. The second-order valence-corrected chi connectivity index (χ2v) is 12.8. The van der Waals surface area contributed by atoms with Gasteiger partial charge in [0, 0.05) is 26.8 Å². The van der Waals surface area contributed by atoms with Crippen LogP contribution in [0.5, 0.6) is 5.75 Å². The van der Waals surface area contributed by atoms with Crippen molar-refractivity contribution >= 4 is 52.2 Å². The molecule has 0 bridgehead atoms. The molecule has 0 saturated heterocycles. The van der Waals surface area contributed by atoms with Gasteiger partial charge in [0.15, 0.2) is 0 Å². The molecule has 206 valence electrons. The first-order valence-electron chi connectivity index (χ1n) is 14.9. The SMILES string of the molecule is CCCCCCCCCCc1ccc2c(c1)sc1c3ccc(-c4ccc(OCC(C)OCC)cc4)cc3sc21. The maximum absolute atomic E-state index is 5.89. The third kappa shape index (κ3) is 7.03. The van der Waals surface area contributed by atoms with E-state index in [9.17, 15) is 0 Å². The first kappa shape index (κ1) is 28.1. The molecule has 1 unspecified atom stereocenters. The highest BCUT2D eigenvalue weighted by molar-refractivity contribution is 7.36. The van der Waals surface area contributed by atoms with Gasteiger partial charge >= 0.3 is 0 Å². The van der Waals surface area contributed by atoms with Crippen LogP contribution in [0.15, 0.2) is 60.7 Å². The van der Waals surface area contributed by atoms with Crippen LogP contribution in [0.3, 0.4) is 0 Å². The van der Waals surface area contributed by atoms with Gasteiger partial charge in [-0.1, -0.05) is 88.3 Å². The summed E-state index contributed by atoms with van der Waals surface area (Å²) in [7, 11) is 0. The summed E-state index contributed by atoms with van der Waals surface area (Å²) >= 11 is 3.90. The molecule has 4 heteroatoms. The summed E-state index contributed by atoms with van der Waals surface area (Å²) in [5.41, 5.74) is 3.96. The molecule has 2 heterocycles. The molecule has 1 atom stereocenters. The van der Waals surface area contributed by atoms with E-state index in [1.165, 1.54) is 104 Å². The molecule has 5 aromatic rings. The fourth-order valence-electron chi connectivity index (χ4n) is 5.39. The number of unbranched alkanes of at least 4 members (excludes halogenated alkanes) is 7. The van der Waals surface area contributed by atoms with Crippen molar-refractivity contribution in [2.24, 2.45) is 0 Å². The van der Waals surface area contributed by atoms with Gasteiger partial charge in [-0.15, -0.1) is 22.7 Å². The molecule has 0 spiro atoms. The molecule has 2 nitrogen and oxygen atoms in total. The number of aryl methyl sites for hydroxylation is 1. The van der Waals surface area contributed by atoms with Crippen LogP contribution in [0.2, 0.25) is 0 Å². The quantitative estimate of drug-likeness (QED) is 0.119. The van der Waals surface area contributed by atoms with Crippen LogP contribution in [0, 0.1) is 0 Å². The molecule has 2 aromatic heterocycles. The number of hydrogen-bond donors (Lipinski definition) is 0. The second kappa shape index (κ2) is 13.8. The highest BCUT2D eigenvalue weighted by Gasteiger charge is 2.13. The summed E-state index contributed by atoms with van der Waals surface area (Å²) in [6.45, 7) is 7.62. The lowest BCUT2D eigenvalue weighted by molar-refractivity contribution is 0.0402. The summed E-state index contributed by atoms with van der Waals surface area (Å²) in [5, 5.41) is 2.80. The Morgan fingerprint density at radius 2 is 1.28 bits per heavy atom. The average Bonchev–Trinajstić information content (AvgIpc) is 3.49. The van der Waals surface area contributed by atoms with Crippen molar-refractivity contribution in [2.45, 2.75) is 84.7 Å². The zero-order chi connectivity index (χ0) is 27.0. The Bertz CT molecular complexity index is 1480. The van der Waals surface area contributed by atoms with Gasteiger partial charge in [0.25, 0.3) is 0 Å². The lowest BCUT2D eigenvalue weighted by Gasteiger charge is -2.13. The number of rotatable bonds is 15. The van der Waals surface area contributed by atoms with Crippen molar-refractivity contribution in [3.05, 3.63) is 66.2 Å². The third-order valence-corrected chi connectivity index (χ3v) is 10.1. The Labute approximate surface area is 242 Å². The molecule has 39 heavy (non-hydrogen) atoms. The lowest BCUT2D eigenvalue weighted by Crippen LogP contribution is -2.17. The third-order valence-electron chi connectivity index (χ3n) is 7.59. The maximum atomic E-state index is 5.89. The van der Waals surface area contributed by atoms with Crippen molar-refractivity contribution in [3.8, 4) is 16.9 Å². The molecule has 0 aliphatic heterocycles. The van der Waals surface area contributed by atoms with Gasteiger partial charge in [0.1, 0.15) is 12.4 Å². The summed E-state index contributed by atoms with van der Waals surface area (Å²) in [5.74, 6) is 0.885. The van der Waals surface area contributed by atoms with E-state index >= 15 is 0 Å². The number of fused-ring (bicyclic) bond motifs is 5. The van der Waals surface area contributed by atoms with Gasteiger partial charge in [0.05, 0.1) is 15.5 Å². The van der Waals surface area contributed by atoms with Crippen LogP contribution in [0.1, 0.15) is 77.7 Å². The number of thiophene rings is 2. The molecule has 0 aliphatic rings. The summed E-state index contributed by atoms with van der Waals surface area (Å²) < 4.78 is 17.1. The van der Waals surface area contributed by atoms with Crippen molar-refractivity contribution in [1.82, 2.24) is 0 Å². The average molecular weight is 559 g/mol. The molecular formula is C35H42O2S2. The van der Waals surface area contributed by atoms with Gasteiger partial charge in [-0.3, -0.25) is 0 Å². The van der Waals surface area contributed by atoms with E-state index in [0.29, 0.717) is 13.2 Å². The minimum atomic E-state index is 0.0994. The van der Waals surface area contributed by atoms with E-state index < -0.39 is 0 Å². The molecule has 0 fully saturated rings. The van der Waals surface area contributed by atoms with E-state index in [1.54, 1.807) is 0 Å². The monoisotopic (exact) mass is 558 g/mol. The molecule has 3 aromatic carbocycles. The minimum absolute atomic E-state index is 0.0994. The zero-order valence-electron chi connectivity index (χ0n) is 23.8. The fraction of sp³-hybridized carbons (Fsp3) is 0.429. The highest BCUT2D eigenvalue weighted by Crippen LogP contribution is 2.45. The van der Waals surface area contributed by atoms with Crippen molar-refractivity contribution in [2.75, 3.05) is 13.2 Å². The predicted octanol–water partition coefficient (Wildman–Crippen LogP) is 11.4. The Balaban J connectivity index is 1.24. The van der Waals surface area contributed by atoms with Crippen LogP contribution in [0.4, 0.5) is 0 Å². The van der Waals surface area contributed by atoms with Gasteiger partial charge in [-0.2, -0.15) is 0 Å². The molecule has 5 rings (SSSR count). The Kier molecular flexibility index (Phi) is 9.95. The summed E-state index contributed by atoms with van der Waals surface area (Å²) in [6.07, 6.45) is 12.3. The first-order chi connectivity index (χ1) is 19.2. The maximum Gasteiger partial charge on any atom is 0.119 e. The fourth-order valence-corrected chi connectivity index (χ4v) is 8.14. The normalized spacial score (nSPS) is 12.6. The van der Waals surface area contributed by atoms with Crippen LogP contribution < -0.4 is 4.74 Å². The molecular weight excluding hydrogens is 517 g/mol. The Morgan fingerprint density at radius 3 is 1.97 bits per heavy atom. The number of ether oxygens (including phenoxy) is 2. The van der Waals surface area contributed by atoms with Crippen molar-refractivity contribution < 1.29 is 9.47 Å². The van der Waals surface area contributed by atoms with Crippen molar-refractivity contribution in [1.29, 1.82) is 0 Å². The number of hydrogen-bond acceptors (Lipinski definition) is 4. The molecule has 0 radical (unpaired) electrons. The Hall–Kier alpha value is -2.40. The zero-order valence-corrected chi connectivity index (χ0v) is 25.4. The van der Waals surface area contributed by atoms with E-state index in [4.69, 9.17) is 9.47 Å². The summed E-state index contributed by atoms with van der Waals surface area (Å²) in [4.78, 5) is 0. The van der Waals surface area contributed by atoms with Gasteiger partial charge < -0.3 is 9.47 Å². The van der Waals surface area contributed by atoms with Crippen molar-refractivity contribution in [3.63, 3.8) is 0 Å². The highest BCUT2D eigenvalue weighted by atomic mass is 32.1. The van der Waals surface area contributed by atoms with E-state index in [1.807, 2.05) is 36.5 Å². The smallest absolute Gasteiger partial charge is 0.119 e. The van der Waals surface area contributed by atoms with Gasteiger partial charge in [-0.05, 0) is 67.6 Å². The van der Waals surface area contributed by atoms with Crippen LogP contribution in [-0.4, -0.2) is 19.3 Å². The summed E-state index contributed by atoms with van der Waals surface area (Å²) in [6, 6.07) is 22.5. The minimum Gasteiger partial charge on any atom is -0.491 e. The van der Waals surface area contributed by atoms with Crippen LogP contribution in [0.25, 0.3) is 40.7 Å². The standard InChI is InChI=1S/C35H42O2S2/c1-4-6-7-8-9-10-11-12-13-26-14-20-30-32(22-26)38-35-31-21-17-28(23-33(31)39-34(30)35)27-15-18-29(19-16-27)37-24-25(3)36-5-2/h14-23,25H,4-13,24H2,1-3H3. The topological polar surface area (TPSA) is 18.5 Å². The molecule has 0 aliphatic carbocycles. The predicted molar refractivity (Wildman–Crippen MR) is 173 cm³/mol. The van der Waals surface area contributed by atoms with Gasteiger partial charge in [-0.25, -0.2) is 0 Å². The number of benzene rings is 3. The van der Waals surface area contributed by atoms with E-state index in [2.05, 4.69) is 67.6 Å².